The van der Waals surface area contributed by atoms with E-state index < -0.39 is 11.8 Å². The first-order valence-corrected chi connectivity index (χ1v) is 5.85. The Hall–Kier alpha value is -2.49. The number of nitrogens with zero attached hydrogens (tertiary/aromatic N) is 1. The lowest BCUT2D eigenvalue weighted by Gasteiger charge is -2.09. The topological polar surface area (TPSA) is 67.3 Å². The summed E-state index contributed by atoms with van der Waals surface area (Å²) in [6, 6.07) is 11.3. The van der Waals surface area contributed by atoms with E-state index in [0.717, 1.165) is 16.7 Å². The van der Waals surface area contributed by atoms with E-state index >= 15 is 0 Å². The van der Waals surface area contributed by atoms with Crippen molar-refractivity contribution in [1.82, 2.24) is 4.98 Å². The molecule has 96 valence electrons. The standard InChI is InChI=1S/C15H13NO3/c1-10-5-2-3-6-11(10)12-7-4-8-16-13(12)9-14(17)15(18)19/h2-8H,9H2,1H3,(H,18,19). The second-order valence-corrected chi connectivity index (χ2v) is 4.22. The minimum atomic E-state index is -1.43. The maximum absolute atomic E-state index is 11.3. The molecular weight excluding hydrogens is 242 g/mol. The van der Waals surface area contributed by atoms with Crippen LogP contribution in [0.25, 0.3) is 11.1 Å². The molecule has 1 aromatic carbocycles. The van der Waals surface area contributed by atoms with E-state index in [4.69, 9.17) is 5.11 Å². The lowest BCUT2D eigenvalue weighted by atomic mass is 9.97. The Balaban J connectivity index is 2.45. The lowest BCUT2D eigenvalue weighted by molar-refractivity contribution is -0.148. The number of aryl methyl sites for hydroxylation is 1. The fraction of sp³-hybridized carbons (Fsp3) is 0.133. The molecule has 19 heavy (non-hydrogen) atoms. The number of aliphatic carboxylic acids is 1. The lowest BCUT2D eigenvalue weighted by Crippen LogP contribution is -2.16. The number of pyridine rings is 1. The van der Waals surface area contributed by atoms with Crippen LogP contribution in [0.5, 0.6) is 0 Å². The van der Waals surface area contributed by atoms with E-state index in [1.54, 1.807) is 12.3 Å². The van der Waals surface area contributed by atoms with Crippen LogP contribution < -0.4 is 0 Å². The highest BCUT2D eigenvalue weighted by atomic mass is 16.4. The molecular formula is C15H13NO3. The van der Waals surface area contributed by atoms with Crippen molar-refractivity contribution in [1.29, 1.82) is 0 Å². The molecule has 2 rings (SSSR count). The van der Waals surface area contributed by atoms with E-state index in [9.17, 15) is 9.59 Å². The van der Waals surface area contributed by atoms with E-state index in [1.165, 1.54) is 0 Å². The predicted octanol–water partition coefficient (Wildman–Crippen LogP) is 2.25. The summed E-state index contributed by atoms with van der Waals surface area (Å²) in [5, 5.41) is 8.68. The van der Waals surface area contributed by atoms with Crippen LogP contribution in [0.2, 0.25) is 0 Å². The molecule has 0 spiro atoms. The van der Waals surface area contributed by atoms with Gasteiger partial charge in [0.2, 0.25) is 5.78 Å². The molecule has 0 bridgehead atoms. The number of ketones is 1. The number of aromatic nitrogens is 1. The highest BCUT2D eigenvalue weighted by Gasteiger charge is 2.16. The van der Waals surface area contributed by atoms with E-state index in [2.05, 4.69) is 4.98 Å². The molecule has 0 fully saturated rings. The molecule has 0 saturated carbocycles. The van der Waals surface area contributed by atoms with Crippen LogP contribution in [0.3, 0.4) is 0 Å². The van der Waals surface area contributed by atoms with Gasteiger partial charge in [0.05, 0.1) is 12.1 Å². The van der Waals surface area contributed by atoms with Gasteiger partial charge in [-0.2, -0.15) is 0 Å². The van der Waals surface area contributed by atoms with Crippen LogP contribution >= 0.6 is 0 Å². The van der Waals surface area contributed by atoms with Crippen LogP contribution in [0.4, 0.5) is 0 Å². The molecule has 0 aliphatic heterocycles. The second kappa shape index (κ2) is 5.44. The Morgan fingerprint density at radius 3 is 2.47 bits per heavy atom. The number of carbonyl (C=O) groups excluding carboxylic acids is 1. The number of hydrogen-bond acceptors (Lipinski definition) is 3. The van der Waals surface area contributed by atoms with Gasteiger partial charge in [-0.15, -0.1) is 0 Å². The van der Waals surface area contributed by atoms with Crippen LogP contribution in [0.15, 0.2) is 42.6 Å². The van der Waals surface area contributed by atoms with Crippen LogP contribution in [-0.2, 0) is 16.0 Å². The third-order valence-electron chi connectivity index (χ3n) is 2.89. The van der Waals surface area contributed by atoms with Crippen molar-refractivity contribution in [2.75, 3.05) is 0 Å². The summed E-state index contributed by atoms with van der Waals surface area (Å²) in [6.07, 6.45) is 1.37. The molecule has 1 aromatic heterocycles. The molecule has 0 amide bonds. The molecule has 0 unspecified atom stereocenters. The van der Waals surface area contributed by atoms with Gasteiger partial charge >= 0.3 is 5.97 Å². The molecule has 4 nitrogen and oxygen atoms in total. The number of hydrogen-bond donors (Lipinski definition) is 1. The second-order valence-electron chi connectivity index (χ2n) is 4.22. The van der Waals surface area contributed by atoms with Crippen molar-refractivity contribution >= 4 is 11.8 Å². The van der Waals surface area contributed by atoms with Gasteiger partial charge in [0.1, 0.15) is 0 Å². The summed E-state index contributed by atoms with van der Waals surface area (Å²) in [4.78, 5) is 26.1. The average Bonchev–Trinajstić information content (AvgIpc) is 2.40. The molecule has 4 heteroatoms. The van der Waals surface area contributed by atoms with E-state index in [-0.39, 0.29) is 6.42 Å². The van der Waals surface area contributed by atoms with Gasteiger partial charge < -0.3 is 5.11 Å². The van der Waals surface area contributed by atoms with Crippen LogP contribution in [0, 0.1) is 6.92 Å². The highest BCUT2D eigenvalue weighted by Crippen LogP contribution is 2.25. The molecule has 0 saturated heterocycles. The SMILES string of the molecule is Cc1ccccc1-c1cccnc1CC(=O)C(=O)O. The van der Waals surface area contributed by atoms with Crippen LogP contribution in [0.1, 0.15) is 11.3 Å². The maximum atomic E-state index is 11.3. The molecule has 1 heterocycles. The van der Waals surface area contributed by atoms with Crippen molar-refractivity contribution in [3.05, 3.63) is 53.9 Å². The molecule has 0 aliphatic carbocycles. The fourth-order valence-corrected chi connectivity index (χ4v) is 1.93. The summed E-state index contributed by atoms with van der Waals surface area (Å²) >= 11 is 0. The smallest absolute Gasteiger partial charge is 0.372 e. The summed E-state index contributed by atoms with van der Waals surface area (Å²) in [6.45, 7) is 1.96. The van der Waals surface area contributed by atoms with Crippen molar-refractivity contribution in [2.45, 2.75) is 13.3 Å². The highest BCUT2D eigenvalue weighted by molar-refractivity contribution is 6.33. The quantitative estimate of drug-likeness (QED) is 0.851. The minimum Gasteiger partial charge on any atom is -0.475 e. The average molecular weight is 255 g/mol. The number of rotatable bonds is 4. The normalized spacial score (nSPS) is 10.2. The monoisotopic (exact) mass is 255 g/mol. The Morgan fingerprint density at radius 1 is 1.11 bits per heavy atom. The molecule has 2 aromatic rings. The van der Waals surface area contributed by atoms with Gasteiger partial charge in [-0.3, -0.25) is 9.78 Å². The van der Waals surface area contributed by atoms with Crippen molar-refractivity contribution < 1.29 is 14.7 Å². The molecule has 0 aliphatic rings. The van der Waals surface area contributed by atoms with Gasteiger partial charge in [-0.1, -0.05) is 30.3 Å². The molecule has 1 N–H and O–H groups in total. The fourth-order valence-electron chi connectivity index (χ4n) is 1.93. The first-order valence-electron chi connectivity index (χ1n) is 5.85. The van der Waals surface area contributed by atoms with Gasteiger partial charge in [0.15, 0.2) is 0 Å². The number of carboxylic acids is 1. The zero-order chi connectivity index (χ0) is 13.8. The Morgan fingerprint density at radius 2 is 1.79 bits per heavy atom. The van der Waals surface area contributed by atoms with E-state index in [1.807, 2.05) is 37.3 Å². The van der Waals surface area contributed by atoms with Gasteiger partial charge in [-0.05, 0) is 24.1 Å². The Bertz CT molecular complexity index is 635. The summed E-state index contributed by atoms with van der Waals surface area (Å²) in [5.41, 5.74) is 3.31. The molecule has 0 radical (unpaired) electrons. The zero-order valence-electron chi connectivity index (χ0n) is 10.5. The number of benzene rings is 1. The third kappa shape index (κ3) is 2.85. The van der Waals surface area contributed by atoms with Crippen molar-refractivity contribution in [3.8, 4) is 11.1 Å². The van der Waals surface area contributed by atoms with Gasteiger partial charge in [0, 0.05) is 11.8 Å². The Labute approximate surface area is 110 Å². The number of carboxylic acid groups (broad SMARTS) is 1. The van der Waals surface area contributed by atoms with Gasteiger partial charge in [0.25, 0.3) is 0 Å². The zero-order valence-corrected chi connectivity index (χ0v) is 10.5. The predicted molar refractivity (Wildman–Crippen MR) is 70.8 cm³/mol. The summed E-state index contributed by atoms with van der Waals surface area (Å²) in [7, 11) is 0. The summed E-state index contributed by atoms with van der Waals surface area (Å²) in [5.74, 6) is -2.28. The first kappa shape index (κ1) is 13.0. The number of Topliss-reactive ketones (excluding diaryl/α,β-unsaturated/α-hetero) is 1. The van der Waals surface area contributed by atoms with Crippen molar-refractivity contribution in [3.63, 3.8) is 0 Å². The van der Waals surface area contributed by atoms with Crippen LogP contribution in [-0.4, -0.2) is 21.8 Å². The largest absolute Gasteiger partial charge is 0.475 e. The first-order chi connectivity index (χ1) is 9.09. The Kier molecular flexibility index (Phi) is 3.71. The van der Waals surface area contributed by atoms with E-state index in [0.29, 0.717) is 5.69 Å². The third-order valence-corrected chi connectivity index (χ3v) is 2.89. The minimum absolute atomic E-state index is 0.195. The van der Waals surface area contributed by atoms with Crippen molar-refractivity contribution in [2.24, 2.45) is 0 Å². The summed E-state index contributed by atoms with van der Waals surface area (Å²) < 4.78 is 0. The number of carbonyl (C=O) groups is 2. The van der Waals surface area contributed by atoms with Gasteiger partial charge in [-0.25, -0.2) is 4.79 Å². The molecule has 0 atom stereocenters. The maximum Gasteiger partial charge on any atom is 0.372 e.